The van der Waals surface area contributed by atoms with Crippen molar-refractivity contribution in [1.29, 1.82) is 0 Å². The quantitative estimate of drug-likeness (QED) is 0.634. The molecule has 2 heterocycles. The Kier molecular flexibility index (Phi) is 2.83. The number of methoxy groups -OCH3 is 1. The van der Waals surface area contributed by atoms with E-state index in [0.29, 0.717) is 19.8 Å². The third kappa shape index (κ3) is 1.59. The molecule has 2 aliphatic rings. The molecule has 4 nitrogen and oxygen atoms in total. The summed E-state index contributed by atoms with van der Waals surface area (Å²) in [6.45, 7) is 3.94. The molecule has 4 atom stereocenters. The van der Waals surface area contributed by atoms with Crippen LogP contribution in [0, 0.1) is 0 Å². The van der Waals surface area contributed by atoms with Crippen LogP contribution in [0.3, 0.4) is 0 Å². The zero-order valence-electron chi connectivity index (χ0n) is 8.06. The van der Waals surface area contributed by atoms with Gasteiger partial charge in [0.1, 0.15) is 24.4 Å². The van der Waals surface area contributed by atoms with E-state index in [4.69, 9.17) is 18.9 Å². The van der Waals surface area contributed by atoms with Gasteiger partial charge in [-0.3, -0.25) is 0 Å². The standard InChI is InChI=1S/C9H16O4/c1-3-11-7-5-13-8-6(10-2)4-12-9(7)8/h6-9H,3-5H2,1-2H3/t6-,7-,8?,9?/m0/s1. The van der Waals surface area contributed by atoms with Crippen molar-refractivity contribution in [3.63, 3.8) is 0 Å². The zero-order valence-corrected chi connectivity index (χ0v) is 8.06. The Morgan fingerprint density at radius 1 is 1.15 bits per heavy atom. The molecule has 0 saturated carbocycles. The molecule has 2 fully saturated rings. The first-order chi connectivity index (χ1) is 6.36. The van der Waals surface area contributed by atoms with Gasteiger partial charge in [0, 0.05) is 13.7 Å². The monoisotopic (exact) mass is 188 g/mol. The minimum atomic E-state index is 0.0709. The van der Waals surface area contributed by atoms with Crippen LogP contribution in [0.2, 0.25) is 0 Å². The molecule has 0 aliphatic carbocycles. The van der Waals surface area contributed by atoms with E-state index in [9.17, 15) is 0 Å². The Balaban J connectivity index is 1.95. The summed E-state index contributed by atoms with van der Waals surface area (Å²) in [5.41, 5.74) is 0. The third-order valence-corrected chi connectivity index (χ3v) is 2.65. The normalized spacial score (nSPS) is 43.8. The Hall–Kier alpha value is -0.160. The van der Waals surface area contributed by atoms with Crippen LogP contribution in [0.5, 0.6) is 0 Å². The molecule has 0 radical (unpaired) electrons. The van der Waals surface area contributed by atoms with Crippen LogP contribution in [0.4, 0.5) is 0 Å². The average molecular weight is 188 g/mol. The van der Waals surface area contributed by atoms with Crippen molar-refractivity contribution >= 4 is 0 Å². The molecule has 0 bridgehead atoms. The third-order valence-electron chi connectivity index (χ3n) is 2.65. The van der Waals surface area contributed by atoms with Crippen LogP contribution < -0.4 is 0 Å². The molecule has 2 unspecified atom stereocenters. The predicted octanol–water partition coefficient (Wildman–Crippen LogP) is 0.204. The largest absolute Gasteiger partial charge is 0.376 e. The molecule has 0 aromatic rings. The van der Waals surface area contributed by atoms with Crippen LogP contribution in [-0.2, 0) is 18.9 Å². The molecule has 4 heteroatoms. The fourth-order valence-corrected chi connectivity index (χ4v) is 1.99. The lowest BCUT2D eigenvalue weighted by molar-refractivity contribution is -0.0383. The molecule has 13 heavy (non-hydrogen) atoms. The lowest BCUT2D eigenvalue weighted by Gasteiger charge is -2.15. The summed E-state index contributed by atoms with van der Waals surface area (Å²) < 4.78 is 21.9. The molecular weight excluding hydrogens is 172 g/mol. The van der Waals surface area contributed by atoms with Crippen molar-refractivity contribution in [2.24, 2.45) is 0 Å². The number of rotatable bonds is 3. The van der Waals surface area contributed by atoms with E-state index in [1.54, 1.807) is 7.11 Å². The van der Waals surface area contributed by atoms with E-state index < -0.39 is 0 Å². The molecular formula is C9H16O4. The summed E-state index contributed by atoms with van der Waals surface area (Å²) in [7, 11) is 1.69. The van der Waals surface area contributed by atoms with E-state index in [1.165, 1.54) is 0 Å². The number of hydrogen-bond acceptors (Lipinski definition) is 4. The smallest absolute Gasteiger partial charge is 0.115 e. The van der Waals surface area contributed by atoms with Gasteiger partial charge in [0.2, 0.25) is 0 Å². The fourth-order valence-electron chi connectivity index (χ4n) is 1.99. The van der Waals surface area contributed by atoms with Gasteiger partial charge in [-0.15, -0.1) is 0 Å². The molecule has 76 valence electrons. The highest BCUT2D eigenvalue weighted by Gasteiger charge is 2.48. The summed E-state index contributed by atoms with van der Waals surface area (Å²) in [4.78, 5) is 0. The molecule has 2 aliphatic heterocycles. The average Bonchev–Trinajstić information content (AvgIpc) is 2.68. The highest BCUT2D eigenvalue weighted by Crippen LogP contribution is 2.29. The molecule has 0 aromatic carbocycles. The van der Waals surface area contributed by atoms with Gasteiger partial charge in [0.05, 0.1) is 13.2 Å². The summed E-state index contributed by atoms with van der Waals surface area (Å²) in [6.07, 6.45) is 0.317. The van der Waals surface area contributed by atoms with Crippen LogP contribution in [0.15, 0.2) is 0 Å². The van der Waals surface area contributed by atoms with Gasteiger partial charge in [-0.25, -0.2) is 0 Å². The molecule has 0 N–H and O–H groups in total. The van der Waals surface area contributed by atoms with Gasteiger partial charge in [0.25, 0.3) is 0 Å². The Morgan fingerprint density at radius 2 is 1.77 bits per heavy atom. The topological polar surface area (TPSA) is 36.9 Å². The van der Waals surface area contributed by atoms with Gasteiger partial charge in [0.15, 0.2) is 0 Å². The first kappa shape index (κ1) is 9.40. The molecule has 0 amide bonds. The van der Waals surface area contributed by atoms with E-state index in [-0.39, 0.29) is 24.4 Å². The SMILES string of the molecule is CCO[C@H]1COC2C1OC[C@@H]2OC. The Bertz CT molecular complexity index is 173. The minimum Gasteiger partial charge on any atom is -0.376 e. The molecule has 0 aromatic heterocycles. The second-order valence-corrected chi connectivity index (χ2v) is 3.36. The van der Waals surface area contributed by atoms with Crippen molar-refractivity contribution in [2.75, 3.05) is 26.9 Å². The first-order valence-corrected chi connectivity index (χ1v) is 4.74. The van der Waals surface area contributed by atoms with Crippen LogP contribution in [-0.4, -0.2) is 51.3 Å². The molecule has 2 rings (SSSR count). The first-order valence-electron chi connectivity index (χ1n) is 4.74. The van der Waals surface area contributed by atoms with Gasteiger partial charge >= 0.3 is 0 Å². The summed E-state index contributed by atoms with van der Waals surface area (Å²) >= 11 is 0. The van der Waals surface area contributed by atoms with Gasteiger partial charge in [-0.2, -0.15) is 0 Å². The maximum Gasteiger partial charge on any atom is 0.115 e. The van der Waals surface area contributed by atoms with Gasteiger partial charge in [-0.05, 0) is 6.92 Å². The highest BCUT2D eigenvalue weighted by atomic mass is 16.6. The number of ether oxygens (including phenoxy) is 4. The zero-order chi connectivity index (χ0) is 9.26. The van der Waals surface area contributed by atoms with E-state index >= 15 is 0 Å². The number of hydrogen-bond donors (Lipinski definition) is 0. The van der Waals surface area contributed by atoms with E-state index in [1.807, 2.05) is 6.92 Å². The maximum atomic E-state index is 5.57. The fraction of sp³-hybridized carbons (Fsp3) is 1.00. The van der Waals surface area contributed by atoms with Crippen molar-refractivity contribution in [3.8, 4) is 0 Å². The Morgan fingerprint density at radius 3 is 2.38 bits per heavy atom. The lowest BCUT2D eigenvalue weighted by atomic mass is 10.1. The Labute approximate surface area is 78.1 Å². The van der Waals surface area contributed by atoms with Crippen LogP contribution >= 0.6 is 0 Å². The van der Waals surface area contributed by atoms with Crippen molar-refractivity contribution < 1.29 is 18.9 Å². The number of fused-ring (bicyclic) bond motifs is 1. The molecule has 2 saturated heterocycles. The lowest BCUT2D eigenvalue weighted by Crippen LogP contribution is -2.33. The van der Waals surface area contributed by atoms with Crippen molar-refractivity contribution in [3.05, 3.63) is 0 Å². The van der Waals surface area contributed by atoms with Crippen molar-refractivity contribution in [2.45, 2.75) is 31.3 Å². The second-order valence-electron chi connectivity index (χ2n) is 3.36. The minimum absolute atomic E-state index is 0.0709. The molecule has 0 spiro atoms. The summed E-state index contributed by atoms with van der Waals surface area (Å²) in [5.74, 6) is 0. The summed E-state index contributed by atoms with van der Waals surface area (Å²) in [6, 6.07) is 0. The van der Waals surface area contributed by atoms with Gasteiger partial charge in [-0.1, -0.05) is 0 Å². The van der Waals surface area contributed by atoms with Crippen LogP contribution in [0.25, 0.3) is 0 Å². The van der Waals surface area contributed by atoms with E-state index in [2.05, 4.69) is 0 Å². The maximum absolute atomic E-state index is 5.57. The predicted molar refractivity (Wildman–Crippen MR) is 45.7 cm³/mol. The second kappa shape index (κ2) is 3.92. The van der Waals surface area contributed by atoms with Crippen LogP contribution in [0.1, 0.15) is 6.92 Å². The van der Waals surface area contributed by atoms with Crippen molar-refractivity contribution in [1.82, 2.24) is 0 Å². The summed E-state index contributed by atoms with van der Waals surface area (Å²) in [5, 5.41) is 0. The van der Waals surface area contributed by atoms with E-state index in [0.717, 1.165) is 0 Å². The van der Waals surface area contributed by atoms with Gasteiger partial charge < -0.3 is 18.9 Å². The highest BCUT2D eigenvalue weighted by molar-refractivity contribution is 4.95.